The number of esters is 1. The number of ketones is 2. The number of carbonyl (C=O) groups excluding carboxylic acids is 3. The Morgan fingerprint density at radius 2 is 1.90 bits per heavy atom. The number of rotatable bonds is 7. The summed E-state index contributed by atoms with van der Waals surface area (Å²) >= 11 is 0. The fourth-order valence-corrected chi connectivity index (χ4v) is 2.47. The highest BCUT2D eigenvalue weighted by Gasteiger charge is 2.40. The van der Waals surface area contributed by atoms with Gasteiger partial charge in [-0.2, -0.15) is 0 Å². The van der Waals surface area contributed by atoms with Crippen molar-refractivity contribution in [3.05, 3.63) is 0 Å². The maximum atomic E-state index is 12.2. The SMILES string of the molecule is CCOC(=O)C1CC(=O)C(C(CC)=NCCCO)C(=O)C1. The first-order chi connectivity index (χ1) is 10.0. The highest BCUT2D eigenvalue weighted by atomic mass is 16.5. The number of aliphatic hydroxyl groups excluding tert-OH is 1. The summed E-state index contributed by atoms with van der Waals surface area (Å²) in [5.41, 5.74) is 0.556. The molecule has 6 nitrogen and oxygen atoms in total. The number of carbonyl (C=O) groups is 3. The number of aliphatic imine (C=N–C) groups is 1. The van der Waals surface area contributed by atoms with E-state index < -0.39 is 17.8 Å². The Bertz CT molecular complexity index is 412. The molecule has 0 unspecified atom stereocenters. The lowest BCUT2D eigenvalue weighted by atomic mass is 9.77. The molecule has 0 atom stereocenters. The molecule has 6 heteroatoms. The van der Waals surface area contributed by atoms with Gasteiger partial charge in [-0.05, 0) is 19.8 Å². The van der Waals surface area contributed by atoms with Crippen LogP contribution in [0, 0.1) is 11.8 Å². The molecular formula is C15H23NO5. The molecule has 1 N–H and O–H groups in total. The van der Waals surface area contributed by atoms with Crippen molar-refractivity contribution >= 4 is 23.2 Å². The summed E-state index contributed by atoms with van der Waals surface area (Å²) in [5, 5.41) is 8.76. The summed E-state index contributed by atoms with van der Waals surface area (Å²) in [6, 6.07) is 0. The monoisotopic (exact) mass is 297 g/mol. The van der Waals surface area contributed by atoms with Crippen molar-refractivity contribution < 1.29 is 24.2 Å². The number of hydrogen-bond donors (Lipinski definition) is 1. The first-order valence-electron chi connectivity index (χ1n) is 7.41. The van der Waals surface area contributed by atoms with E-state index in [0.717, 1.165) is 0 Å². The Morgan fingerprint density at radius 3 is 2.38 bits per heavy atom. The average molecular weight is 297 g/mol. The Labute approximate surface area is 124 Å². The molecule has 0 bridgehead atoms. The number of nitrogens with zero attached hydrogens (tertiary/aromatic N) is 1. The molecule has 1 fully saturated rings. The van der Waals surface area contributed by atoms with E-state index >= 15 is 0 Å². The number of Topliss-reactive ketones (excluding diaryl/α,β-unsaturated/α-hetero) is 2. The van der Waals surface area contributed by atoms with Crippen molar-refractivity contribution in [2.75, 3.05) is 19.8 Å². The predicted molar refractivity (Wildman–Crippen MR) is 77.2 cm³/mol. The Hall–Kier alpha value is -1.56. The molecular weight excluding hydrogens is 274 g/mol. The molecule has 0 spiro atoms. The van der Waals surface area contributed by atoms with E-state index in [1.165, 1.54) is 0 Å². The first kappa shape index (κ1) is 17.5. The van der Waals surface area contributed by atoms with Crippen LogP contribution in [-0.4, -0.2) is 48.1 Å². The lowest BCUT2D eigenvalue weighted by Crippen LogP contribution is -2.41. The van der Waals surface area contributed by atoms with Crippen LogP contribution in [0.25, 0.3) is 0 Å². The van der Waals surface area contributed by atoms with Crippen LogP contribution < -0.4 is 0 Å². The minimum Gasteiger partial charge on any atom is -0.466 e. The number of hydrogen-bond acceptors (Lipinski definition) is 6. The van der Waals surface area contributed by atoms with Crippen molar-refractivity contribution in [3.63, 3.8) is 0 Å². The minimum absolute atomic E-state index is 0.0258. The average Bonchev–Trinajstić information content (AvgIpc) is 2.45. The van der Waals surface area contributed by atoms with Gasteiger partial charge in [0.2, 0.25) is 0 Å². The third kappa shape index (κ3) is 4.74. The minimum atomic E-state index is -0.820. The molecule has 0 aliphatic heterocycles. The summed E-state index contributed by atoms with van der Waals surface area (Å²) in [4.78, 5) is 40.3. The van der Waals surface area contributed by atoms with Crippen LogP contribution in [0.2, 0.25) is 0 Å². The molecule has 118 valence electrons. The van der Waals surface area contributed by atoms with Crippen LogP contribution >= 0.6 is 0 Å². The Kier molecular flexibility index (Phi) is 7.22. The first-order valence-corrected chi connectivity index (χ1v) is 7.41. The van der Waals surface area contributed by atoms with Gasteiger partial charge in [0.25, 0.3) is 0 Å². The smallest absolute Gasteiger partial charge is 0.309 e. The Balaban J connectivity index is 2.78. The molecule has 0 aromatic carbocycles. The van der Waals surface area contributed by atoms with Crippen LogP contribution in [0.4, 0.5) is 0 Å². The molecule has 1 saturated carbocycles. The van der Waals surface area contributed by atoms with E-state index in [-0.39, 0.29) is 37.6 Å². The number of ether oxygens (including phenoxy) is 1. The van der Waals surface area contributed by atoms with Gasteiger partial charge in [-0.15, -0.1) is 0 Å². The van der Waals surface area contributed by atoms with E-state index in [1.807, 2.05) is 6.92 Å². The zero-order valence-electron chi connectivity index (χ0n) is 12.6. The van der Waals surface area contributed by atoms with Gasteiger partial charge < -0.3 is 9.84 Å². The van der Waals surface area contributed by atoms with Gasteiger partial charge in [-0.3, -0.25) is 19.4 Å². The summed E-state index contributed by atoms with van der Waals surface area (Å²) < 4.78 is 4.88. The summed E-state index contributed by atoms with van der Waals surface area (Å²) in [6.07, 6.45) is 1.09. The van der Waals surface area contributed by atoms with E-state index in [2.05, 4.69) is 4.99 Å². The van der Waals surface area contributed by atoms with E-state index in [0.29, 0.717) is 25.1 Å². The van der Waals surface area contributed by atoms with Gasteiger partial charge in [-0.1, -0.05) is 6.92 Å². The molecule has 0 heterocycles. The molecule has 21 heavy (non-hydrogen) atoms. The second kappa shape index (κ2) is 8.67. The third-order valence-corrected chi connectivity index (χ3v) is 3.49. The zero-order chi connectivity index (χ0) is 15.8. The van der Waals surface area contributed by atoms with Crippen LogP contribution in [0.3, 0.4) is 0 Å². The molecule has 1 aliphatic carbocycles. The molecule has 0 aromatic rings. The van der Waals surface area contributed by atoms with E-state index in [1.54, 1.807) is 6.92 Å². The third-order valence-electron chi connectivity index (χ3n) is 3.49. The lowest BCUT2D eigenvalue weighted by molar-refractivity contribution is -0.153. The summed E-state index contributed by atoms with van der Waals surface area (Å²) in [7, 11) is 0. The summed E-state index contributed by atoms with van der Waals surface area (Å²) in [5.74, 6) is -2.47. The van der Waals surface area contributed by atoms with E-state index in [9.17, 15) is 14.4 Å². The molecule has 1 aliphatic rings. The van der Waals surface area contributed by atoms with Crippen molar-refractivity contribution in [3.8, 4) is 0 Å². The normalized spacial score (nSPS) is 23.3. The van der Waals surface area contributed by atoms with Crippen LogP contribution in [-0.2, 0) is 19.1 Å². The van der Waals surface area contributed by atoms with Crippen LogP contribution in [0.1, 0.15) is 39.5 Å². The molecule has 0 aromatic heterocycles. The largest absolute Gasteiger partial charge is 0.466 e. The van der Waals surface area contributed by atoms with E-state index in [4.69, 9.17) is 9.84 Å². The van der Waals surface area contributed by atoms with Gasteiger partial charge in [-0.25, -0.2) is 0 Å². The highest BCUT2D eigenvalue weighted by Crippen LogP contribution is 2.26. The molecule has 1 rings (SSSR count). The van der Waals surface area contributed by atoms with Gasteiger partial charge in [0.15, 0.2) is 0 Å². The fourth-order valence-electron chi connectivity index (χ4n) is 2.47. The van der Waals surface area contributed by atoms with Crippen LogP contribution in [0.15, 0.2) is 4.99 Å². The van der Waals surface area contributed by atoms with Gasteiger partial charge in [0.1, 0.15) is 17.5 Å². The predicted octanol–water partition coefficient (Wildman–Crippen LogP) is 0.947. The van der Waals surface area contributed by atoms with Crippen molar-refractivity contribution in [1.82, 2.24) is 0 Å². The van der Waals surface area contributed by atoms with Crippen LogP contribution in [0.5, 0.6) is 0 Å². The highest BCUT2D eigenvalue weighted by molar-refractivity contribution is 6.23. The standard InChI is InChI=1S/C15H23NO5/c1-3-11(16-6-5-7-17)14-12(18)8-10(9-13(14)19)15(20)21-4-2/h10,14,17H,3-9H2,1-2H3. The van der Waals surface area contributed by atoms with Gasteiger partial charge in [0, 0.05) is 31.7 Å². The Morgan fingerprint density at radius 1 is 1.29 bits per heavy atom. The van der Waals surface area contributed by atoms with Crippen molar-refractivity contribution in [2.45, 2.75) is 39.5 Å². The molecule has 0 amide bonds. The summed E-state index contributed by atoms with van der Waals surface area (Å²) in [6.45, 7) is 4.20. The number of aliphatic hydroxyl groups is 1. The maximum absolute atomic E-state index is 12.2. The quantitative estimate of drug-likeness (QED) is 0.327. The lowest BCUT2D eigenvalue weighted by Gasteiger charge is -2.25. The second-order valence-electron chi connectivity index (χ2n) is 5.03. The van der Waals surface area contributed by atoms with Crippen molar-refractivity contribution in [2.24, 2.45) is 16.8 Å². The van der Waals surface area contributed by atoms with Crippen molar-refractivity contribution in [1.29, 1.82) is 0 Å². The maximum Gasteiger partial charge on any atom is 0.309 e. The van der Waals surface area contributed by atoms with Gasteiger partial charge >= 0.3 is 5.97 Å². The van der Waals surface area contributed by atoms with Gasteiger partial charge in [0.05, 0.1) is 12.5 Å². The second-order valence-corrected chi connectivity index (χ2v) is 5.03. The topological polar surface area (TPSA) is 93.0 Å². The zero-order valence-corrected chi connectivity index (χ0v) is 12.6. The molecule has 0 radical (unpaired) electrons. The molecule has 0 saturated heterocycles. The fraction of sp³-hybridized carbons (Fsp3) is 0.733.